The summed E-state index contributed by atoms with van der Waals surface area (Å²) in [5, 5.41) is 0. The van der Waals surface area contributed by atoms with Gasteiger partial charge in [0.05, 0.1) is 13.2 Å². The van der Waals surface area contributed by atoms with Gasteiger partial charge in [0.1, 0.15) is 0 Å². The first kappa shape index (κ1) is 18.8. The quantitative estimate of drug-likeness (QED) is 0.708. The molecule has 0 spiro atoms. The topological polar surface area (TPSA) is 61.8 Å². The Morgan fingerprint density at radius 2 is 1.79 bits per heavy atom. The Morgan fingerprint density at radius 1 is 1.11 bits per heavy atom. The van der Waals surface area contributed by atoms with E-state index in [4.69, 9.17) is 14.2 Å². The molecule has 5 nitrogen and oxygen atoms in total. The van der Waals surface area contributed by atoms with E-state index in [0.717, 1.165) is 23.3 Å². The molecule has 1 saturated heterocycles. The summed E-state index contributed by atoms with van der Waals surface area (Å²) >= 11 is 1.24. The average Bonchev–Trinajstić information content (AvgIpc) is 3.36. The summed E-state index contributed by atoms with van der Waals surface area (Å²) in [5.74, 6) is -0.264. The van der Waals surface area contributed by atoms with Gasteiger partial charge in [-0.3, -0.25) is 4.79 Å². The van der Waals surface area contributed by atoms with Gasteiger partial charge in [0.15, 0.2) is 0 Å². The predicted molar refractivity (Wildman–Crippen MR) is 107 cm³/mol. The van der Waals surface area contributed by atoms with Gasteiger partial charge in [-0.15, -0.1) is 0 Å². The van der Waals surface area contributed by atoms with Gasteiger partial charge in [0.25, 0.3) is 4.93 Å². The van der Waals surface area contributed by atoms with Crippen LogP contribution in [0.4, 0.5) is 4.79 Å². The number of ether oxygens (including phenoxy) is 3. The highest BCUT2D eigenvalue weighted by Gasteiger charge is 2.55. The summed E-state index contributed by atoms with van der Waals surface area (Å²) in [7, 11) is 1.23. The molecule has 6 heteroatoms. The van der Waals surface area contributed by atoms with Gasteiger partial charge in [-0.1, -0.05) is 72.4 Å². The minimum atomic E-state index is -1.53. The molecule has 2 aliphatic rings. The predicted octanol–water partition coefficient (Wildman–Crippen LogP) is 4.53. The van der Waals surface area contributed by atoms with E-state index in [0.29, 0.717) is 17.7 Å². The molecule has 28 heavy (non-hydrogen) atoms. The Hall–Kier alpha value is -2.57. The van der Waals surface area contributed by atoms with Crippen LogP contribution in [0.1, 0.15) is 24.0 Å². The Kier molecular flexibility index (Phi) is 5.24. The smallest absolute Gasteiger partial charge is 0.438 e. The number of hydrogen-bond acceptors (Lipinski definition) is 6. The molecule has 0 saturated carbocycles. The summed E-state index contributed by atoms with van der Waals surface area (Å²) in [6.45, 7) is 0.615. The summed E-state index contributed by atoms with van der Waals surface area (Å²) in [6, 6.07) is 18.7. The zero-order valence-electron chi connectivity index (χ0n) is 15.4. The second-order valence-electron chi connectivity index (χ2n) is 6.58. The third-order valence-electron chi connectivity index (χ3n) is 4.87. The first-order valence-electron chi connectivity index (χ1n) is 9.13. The molecule has 2 atom stereocenters. The summed E-state index contributed by atoms with van der Waals surface area (Å²) in [4.78, 5) is 25.1. The van der Waals surface area contributed by atoms with Crippen molar-refractivity contribution in [2.24, 2.45) is 0 Å². The van der Waals surface area contributed by atoms with Crippen LogP contribution in [0.3, 0.4) is 0 Å². The Labute approximate surface area is 167 Å². The van der Waals surface area contributed by atoms with Gasteiger partial charge >= 0.3 is 6.16 Å². The molecule has 1 fully saturated rings. The van der Waals surface area contributed by atoms with Crippen LogP contribution in [0.2, 0.25) is 0 Å². The molecule has 2 aliphatic heterocycles. The highest BCUT2D eigenvalue weighted by atomic mass is 32.2. The molecule has 0 aromatic heterocycles. The molecule has 0 radical (unpaired) electrons. The Bertz CT molecular complexity index is 903. The number of methoxy groups -OCH3 is 1. The molecular weight excluding hydrogens is 376 g/mol. The van der Waals surface area contributed by atoms with Crippen molar-refractivity contribution in [1.82, 2.24) is 0 Å². The third-order valence-corrected chi connectivity index (χ3v) is 6.32. The summed E-state index contributed by atoms with van der Waals surface area (Å²) < 4.78 is 16.2. The Balaban J connectivity index is 1.86. The maximum atomic E-state index is 13.8. The van der Waals surface area contributed by atoms with Gasteiger partial charge in [0.2, 0.25) is 5.78 Å². The number of ketones is 1. The molecule has 0 aliphatic carbocycles. The van der Waals surface area contributed by atoms with E-state index in [9.17, 15) is 9.59 Å². The maximum Gasteiger partial charge on any atom is 0.510 e. The van der Waals surface area contributed by atoms with E-state index in [1.54, 1.807) is 12.1 Å². The number of carbonyl (C=O) groups is 2. The van der Waals surface area contributed by atoms with Gasteiger partial charge in [-0.2, -0.15) is 0 Å². The zero-order chi connectivity index (χ0) is 19.6. The van der Waals surface area contributed by atoms with Crippen LogP contribution in [0.5, 0.6) is 0 Å². The summed E-state index contributed by atoms with van der Waals surface area (Å²) in [6.07, 6.45) is 0.457. The lowest BCUT2D eigenvalue weighted by Gasteiger charge is -2.27. The maximum absolute atomic E-state index is 13.8. The zero-order valence-corrected chi connectivity index (χ0v) is 16.2. The van der Waals surface area contributed by atoms with E-state index in [2.05, 4.69) is 0 Å². The lowest BCUT2D eigenvalue weighted by atomic mass is 9.93. The van der Waals surface area contributed by atoms with Gasteiger partial charge in [-0.05, 0) is 18.4 Å². The lowest BCUT2D eigenvalue weighted by Crippen LogP contribution is -2.37. The second kappa shape index (κ2) is 7.81. The highest BCUT2D eigenvalue weighted by molar-refractivity contribution is 8.10. The van der Waals surface area contributed by atoms with Crippen molar-refractivity contribution < 1.29 is 23.8 Å². The first-order chi connectivity index (χ1) is 13.7. The van der Waals surface area contributed by atoms with E-state index in [-0.39, 0.29) is 11.9 Å². The van der Waals surface area contributed by atoms with Crippen molar-refractivity contribution in [3.63, 3.8) is 0 Å². The van der Waals surface area contributed by atoms with E-state index >= 15 is 0 Å². The molecule has 4 rings (SSSR count). The van der Waals surface area contributed by atoms with Gasteiger partial charge in [0, 0.05) is 22.6 Å². The summed E-state index contributed by atoms with van der Waals surface area (Å²) in [5.41, 5.74) is 2.07. The second-order valence-corrected chi connectivity index (χ2v) is 7.77. The van der Waals surface area contributed by atoms with E-state index in [1.807, 2.05) is 48.5 Å². The molecule has 0 bridgehead atoms. The molecule has 0 amide bonds. The molecule has 0 N–H and O–H groups in total. The van der Waals surface area contributed by atoms with Crippen molar-refractivity contribution in [2.75, 3.05) is 13.7 Å². The SMILES string of the molecule is COC(=O)OC1(c2ccccc2)SC(c2ccccc2)=C(C2CCCO2)C1=O. The monoisotopic (exact) mass is 396 g/mol. The van der Waals surface area contributed by atoms with Crippen LogP contribution in [-0.2, 0) is 23.9 Å². The van der Waals surface area contributed by atoms with Crippen LogP contribution in [0.25, 0.3) is 4.91 Å². The molecule has 144 valence electrons. The number of Topliss-reactive ketones (excluding diaryl/α,β-unsaturated/α-hetero) is 1. The van der Waals surface area contributed by atoms with Crippen molar-refractivity contribution in [3.8, 4) is 0 Å². The van der Waals surface area contributed by atoms with Gasteiger partial charge in [-0.25, -0.2) is 4.79 Å². The van der Waals surface area contributed by atoms with Crippen molar-refractivity contribution in [2.45, 2.75) is 23.9 Å². The van der Waals surface area contributed by atoms with Crippen molar-refractivity contribution in [3.05, 3.63) is 77.4 Å². The van der Waals surface area contributed by atoms with Crippen LogP contribution < -0.4 is 0 Å². The highest BCUT2D eigenvalue weighted by Crippen LogP contribution is 2.56. The normalized spacial score (nSPS) is 24.5. The fraction of sp³-hybridized carbons (Fsp3) is 0.273. The average molecular weight is 396 g/mol. The molecular formula is C22H20O5S. The van der Waals surface area contributed by atoms with Crippen LogP contribution in [0.15, 0.2) is 66.2 Å². The lowest BCUT2D eigenvalue weighted by molar-refractivity contribution is -0.128. The van der Waals surface area contributed by atoms with Crippen LogP contribution in [0, 0.1) is 0 Å². The number of hydrogen-bond donors (Lipinski definition) is 0. The molecule has 2 aromatic carbocycles. The number of rotatable bonds is 4. The molecule has 2 heterocycles. The van der Waals surface area contributed by atoms with Gasteiger partial charge < -0.3 is 14.2 Å². The third kappa shape index (κ3) is 3.23. The molecule has 2 aromatic rings. The fourth-order valence-electron chi connectivity index (χ4n) is 3.56. The van der Waals surface area contributed by atoms with Crippen LogP contribution >= 0.6 is 11.8 Å². The van der Waals surface area contributed by atoms with E-state index < -0.39 is 11.1 Å². The number of benzene rings is 2. The van der Waals surface area contributed by atoms with Crippen LogP contribution in [-0.4, -0.2) is 31.8 Å². The standard InChI is InChI=1S/C22H20O5S/c1-25-21(24)27-22(16-11-6-3-7-12-16)20(23)18(17-13-8-14-26-17)19(28-22)15-9-4-2-5-10-15/h2-7,9-12,17H,8,13-14H2,1H3. The number of carbonyl (C=O) groups excluding carboxylic acids is 2. The van der Waals surface area contributed by atoms with E-state index in [1.165, 1.54) is 18.9 Å². The minimum Gasteiger partial charge on any atom is -0.438 e. The minimum absolute atomic E-state index is 0.264. The molecule has 2 unspecified atom stereocenters. The van der Waals surface area contributed by atoms with Crippen molar-refractivity contribution >= 4 is 28.6 Å². The number of thioether (sulfide) groups is 1. The fourth-order valence-corrected chi connectivity index (χ4v) is 5.00. The Morgan fingerprint density at radius 3 is 2.39 bits per heavy atom. The first-order valence-corrected chi connectivity index (χ1v) is 9.95. The van der Waals surface area contributed by atoms with Crippen molar-refractivity contribution in [1.29, 1.82) is 0 Å². The largest absolute Gasteiger partial charge is 0.510 e.